The van der Waals surface area contributed by atoms with Crippen LogP contribution in [-0.2, 0) is 11.3 Å². The number of H-pyrrole nitrogens is 1. The predicted molar refractivity (Wildman–Crippen MR) is 113 cm³/mol. The standard InChI is InChI=1S/C20H20N4O4S/c25-18-17(19(26)24(20(27)22-18)13-16-2-1-11-29-16)12-21-14-3-5-15(6-4-14)23-7-9-28-10-8-23/h1-6,11-12,26H,7-10,13H2,(H,22,25,27). The SMILES string of the molecule is O=c1[nH]c(=O)n(Cc2cccs2)c(O)c1C=Nc1ccc(N2CCOCC2)cc1. The average Bonchev–Trinajstić information content (AvgIpc) is 3.25. The van der Waals surface area contributed by atoms with Gasteiger partial charge in [0.05, 0.1) is 25.4 Å². The molecule has 0 spiro atoms. The van der Waals surface area contributed by atoms with Gasteiger partial charge in [-0.25, -0.2) is 4.79 Å². The normalized spacial score (nSPS) is 14.6. The predicted octanol–water partition coefficient (Wildman–Crippen LogP) is 1.94. The summed E-state index contributed by atoms with van der Waals surface area (Å²) in [7, 11) is 0. The van der Waals surface area contributed by atoms with Crippen molar-refractivity contribution >= 4 is 28.9 Å². The second-order valence-electron chi connectivity index (χ2n) is 6.54. The molecule has 0 aliphatic carbocycles. The Bertz CT molecular complexity index is 1110. The molecule has 3 heterocycles. The molecule has 2 N–H and O–H groups in total. The summed E-state index contributed by atoms with van der Waals surface area (Å²) in [5.41, 5.74) is 0.323. The number of aromatic hydroxyl groups is 1. The fourth-order valence-electron chi connectivity index (χ4n) is 3.11. The molecule has 8 nitrogen and oxygen atoms in total. The minimum atomic E-state index is -0.677. The van der Waals surface area contributed by atoms with Crippen molar-refractivity contribution in [1.82, 2.24) is 9.55 Å². The Balaban J connectivity index is 1.57. The van der Waals surface area contributed by atoms with Crippen LogP contribution < -0.4 is 16.1 Å². The molecule has 0 saturated carbocycles. The summed E-state index contributed by atoms with van der Waals surface area (Å²) >= 11 is 1.46. The second kappa shape index (κ2) is 8.46. The highest BCUT2D eigenvalue weighted by atomic mass is 32.1. The number of hydrogen-bond donors (Lipinski definition) is 2. The highest BCUT2D eigenvalue weighted by molar-refractivity contribution is 7.09. The maximum atomic E-state index is 12.2. The first-order valence-electron chi connectivity index (χ1n) is 9.17. The number of hydrogen-bond acceptors (Lipinski definition) is 7. The third-order valence-corrected chi connectivity index (χ3v) is 5.53. The molecule has 1 saturated heterocycles. The van der Waals surface area contributed by atoms with Crippen LogP contribution in [0.1, 0.15) is 10.4 Å². The van der Waals surface area contributed by atoms with E-state index in [1.165, 1.54) is 17.6 Å². The van der Waals surface area contributed by atoms with Gasteiger partial charge in [0.2, 0.25) is 5.88 Å². The maximum absolute atomic E-state index is 12.2. The van der Waals surface area contributed by atoms with Gasteiger partial charge in [-0.1, -0.05) is 6.07 Å². The van der Waals surface area contributed by atoms with Gasteiger partial charge >= 0.3 is 5.69 Å². The first-order chi connectivity index (χ1) is 14.1. The molecule has 1 fully saturated rings. The van der Waals surface area contributed by atoms with Crippen LogP contribution in [0.2, 0.25) is 0 Å². The summed E-state index contributed by atoms with van der Waals surface area (Å²) in [6.45, 7) is 3.29. The van der Waals surface area contributed by atoms with E-state index < -0.39 is 17.1 Å². The molecule has 3 aromatic rings. The molecule has 2 aromatic heterocycles. The Kier molecular flexibility index (Phi) is 5.59. The number of morpholine rings is 1. The molecule has 1 aliphatic heterocycles. The third-order valence-electron chi connectivity index (χ3n) is 4.67. The number of benzene rings is 1. The van der Waals surface area contributed by atoms with Crippen molar-refractivity contribution in [1.29, 1.82) is 0 Å². The van der Waals surface area contributed by atoms with Crippen LogP contribution in [0.25, 0.3) is 0 Å². The van der Waals surface area contributed by atoms with E-state index in [9.17, 15) is 14.7 Å². The van der Waals surface area contributed by atoms with E-state index in [-0.39, 0.29) is 12.1 Å². The monoisotopic (exact) mass is 412 g/mol. The number of rotatable bonds is 5. The fourth-order valence-corrected chi connectivity index (χ4v) is 3.80. The van der Waals surface area contributed by atoms with Gasteiger partial charge in [0.1, 0.15) is 5.56 Å². The van der Waals surface area contributed by atoms with Crippen LogP contribution in [0.15, 0.2) is 56.4 Å². The Morgan fingerprint density at radius 2 is 1.93 bits per heavy atom. The quantitative estimate of drug-likeness (QED) is 0.624. The van der Waals surface area contributed by atoms with Gasteiger partial charge in [0.25, 0.3) is 5.56 Å². The largest absolute Gasteiger partial charge is 0.494 e. The number of ether oxygens (including phenoxy) is 1. The summed E-state index contributed by atoms with van der Waals surface area (Å²) in [6.07, 6.45) is 1.28. The zero-order chi connectivity index (χ0) is 20.2. The minimum Gasteiger partial charge on any atom is -0.494 e. The van der Waals surface area contributed by atoms with Crippen molar-refractivity contribution < 1.29 is 9.84 Å². The Morgan fingerprint density at radius 1 is 1.17 bits per heavy atom. The Morgan fingerprint density at radius 3 is 2.62 bits per heavy atom. The number of nitrogens with zero attached hydrogens (tertiary/aromatic N) is 3. The molecular weight excluding hydrogens is 392 g/mol. The van der Waals surface area contributed by atoms with Gasteiger partial charge in [0.15, 0.2) is 0 Å². The van der Waals surface area contributed by atoms with Gasteiger partial charge in [-0.05, 0) is 35.7 Å². The van der Waals surface area contributed by atoms with E-state index in [2.05, 4.69) is 14.9 Å². The summed E-state index contributed by atoms with van der Waals surface area (Å²) < 4.78 is 6.48. The summed E-state index contributed by atoms with van der Waals surface area (Å²) in [4.78, 5) is 33.9. The number of thiophene rings is 1. The number of aromatic nitrogens is 2. The van der Waals surface area contributed by atoms with Crippen LogP contribution >= 0.6 is 11.3 Å². The molecule has 0 atom stereocenters. The van der Waals surface area contributed by atoms with Gasteiger partial charge in [0, 0.05) is 29.9 Å². The van der Waals surface area contributed by atoms with Gasteiger partial charge in [-0.3, -0.25) is 19.3 Å². The lowest BCUT2D eigenvalue weighted by Gasteiger charge is -2.28. The molecule has 1 aliphatic rings. The zero-order valence-electron chi connectivity index (χ0n) is 15.6. The van der Waals surface area contributed by atoms with Crippen LogP contribution in [0.4, 0.5) is 11.4 Å². The van der Waals surface area contributed by atoms with E-state index in [4.69, 9.17) is 4.74 Å². The van der Waals surface area contributed by atoms with E-state index >= 15 is 0 Å². The molecule has 0 radical (unpaired) electrons. The Labute approximate surface area is 170 Å². The lowest BCUT2D eigenvalue weighted by Crippen LogP contribution is -2.36. The molecule has 4 rings (SSSR count). The van der Waals surface area contributed by atoms with Crippen molar-refractivity contribution in [3.05, 3.63) is 73.1 Å². The highest BCUT2D eigenvalue weighted by Crippen LogP contribution is 2.21. The fraction of sp³-hybridized carbons (Fsp3) is 0.250. The van der Waals surface area contributed by atoms with Gasteiger partial charge in [-0.2, -0.15) is 0 Å². The summed E-state index contributed by atoms with van der Waals surface area (Å²) in [5, 5.41) is 12.4. The molecule has 1 aromatic carbocycles. The number of anilines is 1. The zero-order valence-corrected chi connectivity index (χ0v) is 16.4. The van der Waals surface area contributed by atoms with Crippen molar-refractivity contribution in [2.75, 3.05) is 31.2 Å². The molecule has 29 heavy (non-hydrogen) atoms. The molecule has 0 bridgehead atoms. The average molecular weight is 412 g/mol. The topological polar surface area (TPSA) is 99.9 Å². The molecule has 150 valence electrons. The van der Waals surface area contributed by atoms with Crippen molar-refractivity contribution in [3.8, 4) is 5.88 Å². The molecule has 0 amide bonds. The van der Waals surface area contributed by atoms with E-state index in [1.54, 1.807) is 0 Å². The van der Waals surface area contributed by atoms with Crippen LogP contribution in [0.3, 0.4) is 0 Å². The van der Waals surface area contributed by atoms with Crippen LogP contribution in [-0.4, -0.2) is 47.2 Å². The third kappa shape index (κ3) is 4.30. The Hall–Kier alpha value is -3.17. The van der Waals surface area contributed by atoms with Crippen molar-refractivity contribution in [3.63, 3.8) is 0 Å². The lowest BCUT2D eigenvalue weighted by molar-refractivity contribution is 0.122. The molecule has 0 unspecified atom stereocenters. The van der Waals surface area contributed by atoms with E-state index in [1.807, 2.05) is 41.8 Å². The first-order valence-corrected chi connectivity index (χ1v) is 10.0. The van der Waals surface area contributed by atoms with Crippen molar-refractivity contribution in [2.45, 2.75) is 6.54 Å². The molecule has 9 heteroatoms. The smallest absolute Gasteiger partial charge is 0.331 e. The van der Waals surface area contributed by atoms with Gasteiger partial charge in [-0.15, -0.1) is 11.3 Å². The lowest BCUT2D eigenvalue weighted by atomic mass is 10.2. The van der Waals surface area contributed by atoms with Crippen molar-refractivity contribution in [2.24, 2.45) is 4.99 Å². The van der Waals surface area contributed by atoms with Gasteiger partial charge < -0.3 is 14.7 Å². The maximum Gasteiger partial charge on any atom is 0.331 e. The first kappa shape index (κ1) is 19.2. The minimum absolute atomic E-state index is 0.0570. The highest BCUT2D eigenvalue weighted by Gasteiger charge is 2.14. The summed E-state index contributed by atoms with van der Waals surface area (Å²) in [6, 6.07) is 11.3. The van der Waals surface area contributed by atoms with Crippen LogP contribution in [0.5, 0.6) is 5.88 Å². The molecular formula is C20H20N4O4S. The number of nitrogens with one attached hydrogen (secondary N) is 1. The van der Waals surface area contributed by atoms with E-state index in [0.29, 0.717) is 18.9 Å². The number of aliphatic imine (C=N–C) groups is 1. The van der Waals surface area contributed by atoms with Crippen LogP contribution in [0, 0.1) is 0 Å². The summed E-state index contributed by atoms with van der Waals surface area (Å²) in [5.74, 6) is -0.402. The second-order valence-corrected chi connectivity index (χ2v) is 7.57. The van der Waals surface area contributed by atoms with E-state index in [0.717, 1.165) is 28.2 Å². The number of aromatic amines is 1.